The maximum absolute atomic E-state index is 13.5. The zero-order valence-corrected chi connectivity index (χ0v) is 20.9. The molecule has 2 aromatic rings. The maximum Gasteiger partial charge on any atom is 0.409 e. The Balaban J connectivity index is 1.81. The second-order valence-corrected chi connectivity index (χ2v) is 9.61. The molecule has 0 radical (unpaired) electrons. The molecule has 1 heterocycles. The average Bonchev–Trinajstić information content (AvgIpc) is 2.88. The third-order valence-corrected chi connectivity index (χ3v) is 7.13. The Morgan fingerprint density at radius 1 is 0.943 bits per heavy atom. The van der Waals surface area contributed by atoms with Crippen molar-refractivity contribution in [1.82, 2.24) is 14.5 Å². The molecule has 2 aromatic carbocycles. The quantitative estimate of drug-likeness (QED) is 0.554. The number of methoxy groups -OCH3 is 2. The molecule has 1 fully saturated rings. The smallest absolute Gasteiger partial charge is 0.409 e. The number of sulfonamides is 1. The lowest BCUT2D eigenvalue weighted by Gasteiger charge is -2.36. The Bertz CT molecular complexity index is 1120. The number of piperazine rings is 1. The first-order valence-electron chi connectivity index (χ1n) is 11.3. The summed E-state index contributed by atoms with van der Waals surface area (Å²) in [6.45, 7) is 3.18. The summed E-state index contributed by atoms with van der Waals surface area (Å²) in [6.07, 6.45) is -0.251. The van der Waals surface area contributed by atoms with Gasteiger partial charge in [0.15, 0.2) is 11.5 Å². The first kappa shape index (κ1) is 26.3. The van der Waals surface area contributed by atoms with Crippen LogP contribution in [0.25, 0.3) is 0 Å². The van der Waals surface area contributed by atoms with Gasteiger partial charge < -0.3 is 24.0 Å². The Morgan fingerprint density at radius 2 is 1.57 bits per heavy atom. The van der Waals surface area contributed by atoms with Crippen molar-refractivity contribution in [3.63, 3.8) is 0 Å². The van der Waals surface area contributed by atoms with Crippen molar-refractivity contribution in [2.45, 2.75) is 24.3 Å². The van der Waals surface area contributed by atoms with E-state index >= 15 is 0 Å². The molecular weight excluding hydrogens is 474 g/mol. The van der Waals surface area contributed by atoms with E-state index in [-0.39, 0.29) is 42.7 Å². The fraction of sp³-hybridized carbons (Fsp3) is 0.417. The lowest BCUT2D eigenvalue weighted by molar-refractivity contribution is -0.134. The Morgan fingerprint density at radius 3 is 2.17 bits per heavy atom. The number of nitrogens with zero attached hydrogens (tertiary/aromatic N) is 2. The van der Waals surface area contributed by atoms with Crippen molar-refractivity contribution in [1.29, 1.82) is 0 Å². The van der Waals surface area contributed by atoms with Crippen LogP contribution in [0, 0.1) is 0 Å². The van der Waals surface area contributed by atoms with Crippen molar-refractivity contribution < 1.29 is 32.2 Å². The minimum Gasteiger partial charge on any atom is -0.493 e. The Hall–Kier alpha value is -3.31. The van der Waals surface area contributed by atoms with Crippen LogP contribution in [0.3, 0.4) is 0 Å². The van der Waals surface area contributed by atoms with Gasteiger partial charge in [-0.3, -0.25) is 4.79 Å². The second-order valence-electron chi connectivity index (χ2n) is 7.89. The van der Waals surface area contributed by atoms with E-state index in [1.807, 2.05) is 30.3 Å². The standard InChI is InChI=1S/C24H31N3O7S/c1-4-34-24(29)27-14-12-26(13-15-27)23(28)20(16-18-8-6-5-7-9-18)25-35(30,31)19-10-11-21(32-2)22(17-19)33-3/h5-11,17,20,25H,4,12-16H2,1-3H3/t20-/m1/s1. The van der Waals surface area contributed by atoms with Crippen LogP contribution in [0.4, 0.5) is 4.79 Å². The van der Waals surface area contributed by atoms with Crippen LogP contribution in [0.15, 0.2) is 53.4 Å². The fourth-order valence-electron chi connectivity index (χ4n) is 3.81. The minimum absolute atomic E-state index is 0.0480. The predicted molar refractivity (Wildman–Crippen MR) is 129 cm³/mol. The average molecular weight is 506 g/mol. The largest absolute Gasteiger partial charge is 0.493 e. The molecule has 0 aliphatic carbocycles. The third-order valence-electron chi connectivity index (χ3n) is 5.66. The fourth-order valence-corrected chi connectivity index (χ4v) is 5.02. The lowest BCUT2D eigenvalue weighted by Crippen LogP contribution is -2.56. The number of hydrogen-bond acceptors (Lipinski definition) is 7. The Labute approximate surface area is 205 Å². The number of benzene rings is 2. The van der Waals surface area contributed by atoms with Crippen molar-refractivity contribution in [3.05, 3.63) is 54.1 Å². The topological polar surface area (TPSA) is 114 Å². The molecule has 0 aromatic heterocycles. The summed E-state index contributed by atoms with van der Waals surface area (Å²) in [7, 11) is -1.20. The zero-order valence-electron chi connectivity index (χ0n) is 20.1. The van der Waals surface area contributed by atoms with Gasteiger partial charge in [0.05, 0.1) is 25.7 Å². The van der Waals surface area contributed by atoms with Crippen LogP contribution in [-0.4, -0.2) is 83.3 Å². The molecule has 1 N–H and O–H groups in total. The van der Waals surface area contributed by atoms with Gasteiger partial charge in [0.2, 0.25) is 15.9 Å². The van der Waals surface area contributed by atoms with Gasteiger partial charge >= 0.3 is 6.09 Å². The molecule has 0 spiro atoms. The molecule has 10 nitrogen and oxygen atoms in total. The molecule has 1 atom stereocenters. The zero-order chi connectivity index (χ0) is 25.4. The SMILES string of the molecule is CCOC(=O)N1CCN(C(=O)[C@@H](Cc2ccccc2)NS(=O)(=O)c2ccc(OC)c(OC)c2)CC1. The molecule has 1 aliphatic rings. The van der Waals surface area contributed by atoms with Gasteiger partial charge in [-0.1, -0.05) is 30.3 Å². The summed E-state index contributed by atoms with van der Waals surface area (Å²) >= 11 is 0. The van der Waals surface area contributed by atoms with E-state index in [9.17, 15) is 18.0 Å². The first-order chi connectivity index (χ1) is 16.8. The molecule has 11 heteroatoms. The molecule has 0 saturated carbocycles. The molecule has 190 valence electrons. The highest BCUT2D eigenvalue weighted by atomic mass is 32.2. The van der Waals surface area contributed by atoms with E-state index in [1.165, 1.54) is 37.3 Å². The molecule has 1 aliphatic heterocycles. The molecule has 35 heavy (non-hydrogen) atoms. The van der Waals surface area contributed by atoms with Crippen molar-refractivity contribution in [2.24, 2.45) is 0 Å². The summed E-state index contributed by atoms with van der Waals surface area (Å²) in [6, 6.07) is 12.4. The molecule has 1 saturated heterocycles. The highest BCUT2D eigenvalue weighted by Gasteiger charge is 2.32. The first-order valence-corrected chi connectivity index (χ1v) is 12.8. The third kappa shape index (κ3) is 6.64. The van der Waals surface area contributed by atoms with Crippen LogP contribution in [0.2, 0.25) is 0 Å². The normalized spacial score (nSPS) is 14.8. The monoisotopic (exact) mass is 505 g/mol. The summed E-state index contributed by atoms with van der Waals surface area (Å²) < 4.78 is 44.5. The summed E-state index contributed by atoms with van der Waals surface area (Å²) in [5.74, 6) is 0.292. The summed E-state index contributed by atoms with van der Waals surface area (Å²) in [4.78, 5) is 28.5. The molecular formula is C24H31N3O7S. The van der Waals surface area contributed by atoms with Gasteiger partial charge in [0.25, 0.3) is 0 Å². The summed E-state index contributed by atoms with van der Waals surface area (Å²) in [5, 5.41) is 0. The van der Waals surface area contributed by atoms with Crippen LogP contribution in [0.1, 0.15) is 12.5 Å². The number of carbonyl (C=O) groups is 2. The molecule has 0 unspecified atom stereocenters. The van der Waals surface area contributed by atoms with Gasteiger partial charge in [-0.05, 0) is 31.0 Å². The molecule has 3 rings (SSSR count). The predicted octanol–water partition coefficient (Wildman–Crippen LogP) is 1.89. The van der Waals surface area contributed by atoms with Crippen LogP contribution in [0.5, 0.6) is 11.5 Å². The van der Waals surface area contributed by atoms with Crippen LogP contribution < -0.4 is 14.2 Å². The van der Waals surface area contributed by atoms with Gasteiger partial charge in [0.1, 0.15) is 6.04 Å². The minimum atomic E-state index is -4.07. The van der Waals surface area contributed by atoms with E-state index in [2.05, 4.69) is 4.72 Å². The summed E-state index contributed by atoms with van der Waals surface area (Å²) in [5.41, 5.74) is 0.811. The van der Waals surface area contributed by atoms with Crippen LogP contribution >= 0.6 is 0 Å². The van der Waals surface area contributed by atoms with Gasteiger partial charge in [-0.15, -0.1) is 0 Å². The van der Waals surface area contributed by atoms with E-state index in [4.69, 9.17) is 14.2 Å². The number of carbonyl (C=O) groups excluding carboxylic acids is 2. The van der Waals surface area contributed by atoms with E-state index < -0.39 is 22.2 Å². The van der Waals surface area contributed by atoms with Gasteiger partial charge in [-0.25, -0.2) is 13.2 Å². The van der Waals surface area contributed by atoms with Crippen molar-refractivity contribution in [2.75, 3.05) is 47.0 Å². The molecule has 0 bridgehead atoms. The van der Waals surface area contributed by atoms with E-state index in [0.29, 0.717) is 18.8 Å². The highest BCUT2D eigenvalue weighted by molar-refractivity contribution is 7.89. The maximum atomic E-state index is 13.5. The molecule has 2 amide bonds. The number of amides is 2. The number of nitrogens with one attached hydrogen (secondary N) is 1. The van der Waals surface area contributed by atoms with E-state index in [0.717, 1.165) is 5.56 Å². The number of ether oxygens (including phenoxy) is 3. The second kappa shape index (κ2) is 11.9. The Kier molecular flexibility index (Phi) is 8.94. The van der Waals surface area contributed by atoms with Gasteiger partial charge in [0, 0.05) is 32.2 Å². The number of rotatable bonds is 9. The van der Waals surface area contributed by atoms with Crippen LogP contribution in [-0.2, 0) is 26.0 Å². The number of hydrogen-bond donors (Lipinski definition) is 1. The lowest BCUT2D eigenvalue weighted by atomic mass is 10.1. The van der Waals surface area contributed by atoms with Gasteiger partial charge in [-0.2, -0.15) is 4.72 Å². The van der Waals surface area contributed by atoms with Crippen molar-refractivity contribution >= 4 is 22.0 Å². The van der Waals surface area contributed by atoms with E-state index in [1.54, 1.807) is 11.8 Å². The van der Waals surface area contributed by atoms with Crippen molar-refractivity contribution in [3.8, 4) is 11.5 Å². The highest BCUT2D eigenvalue weighted by Crippen LogP contribution is 2.29.